The molecule has 1 saturated carbocycles. The SMILES string of the molecule is Cc1cccc(C[C@H]2CCCCC/C=C\[C@H]3C[C@@]3(C(=O)NOc3ccccc3)CC(=O)[C@@H]3C[C@@H](Oc4nc5ccccc5s4)CN3C2=O)c1. The number of Topliss-reactive ketones (excluding diaryl/α,β-unsaturated/α-hetero) is 1. The Bertz CT molecular complexity index is 1810. The number of allylic oxidation sites excluding steroid dienone is 2. The summed E-state index contributed by atoms with van der Waals surface area (Å²) in [5.74, 6) is -0.246. The number of nitrogens with one attached hydrogen (secondary N) is 1. The van der Waals surface area contributed by atoms with Crippen molar-refractivity contribution in [2.45, 2.75) is 76.9 Å². The molecule has 254 valence electrons. The summed E-state index contributed by atoms with van der Waals surface area (Å²) in [7, 11) is 0. The highest BCUT2D eigenvalue weighted by Crippen LogP contribution is 2.57. The predicted octanol–water partition coefficient (Wildman–Crippen LogP) is 7.41. The Morgan fingerprint density at radius 1 is 1.02 bits per heavy atom. The van der Waals surface area contributed by atoms with Crippen molar-refractivity contribution in [3.8, 4) is 10.9 Å². The average Bonchev–Trinajstić information content (AvgIpc) is 3.41. The van der Waals surface area contributed by atoms with Crippen molar-refractivity contribution in [3.05, 3.63) is 102 Å². The highest BCUT2D eigenvalue weighted by molar-refractivity contribution is 7.20. The first-order valence-corrected chi connectivity index (χ1v) is 18.3. The van der Waals surface area contributed by atoms with E-state index in [4.69, 9.17) is 9.57 Å². The predicted molar refractivity (Wildman–Crippen MR) is 190 cm³/mol. The number of hydrogen-bond donors (Lipinski definition) is 1. The maximum absolute atomic E-state index is 14.6. The lowest BCUT2D eigenvalue weighted by Gasteiger charge is -2.29. The van der Waals surface area contributed by atoms with Gasteiger partial charge >= 0.3 is 0 Å². The molecule has 49 heavy (non-hydrogen) atoms. The van der Waals surface area contributed by atoms with Gasteiger partial charge in [-0.25, -0.2) is 4.98 Å². The highest BCUT2D eigenvalue weighted by Gasteiger charge is 2.61. The monoisotopic (exact) mass is 677 g/mol. The lowest BCUT2D eigenvalue weighted by molar-refractivity contribution is -0.143. The third-order valence-electron chi connectivity index (χ3n) is 10.2. The Kier molecular flexibility index (Phi) is 9.80. The van der Waals surface area contributed by atoms with Crippen LogP contribution in [0.1, 0.15) is 62.5 Å². The molecule has 3 aliphatic rings. The van der Waals surface area contributed by atoms with Crippen LogP contribution in [0.4, 0.5) is 0 Å². The molecule has 1 aliphatic carbocycles. The molecule has 4 aromatic rings. The molecule has 1 N–H and O–H groups in total. The molecule has 2 fully saturated rings. The van der Waals surface area contributed by atoms with E-state index in [9.17, 15) is 14.4 Å². The van der Waals surface area contributed by atoms with E-state index < -0.39 is 17.6 Å². The van der Waals surface area contributed by atoms with E-state index in [1.807, 2.05) is 48.5 Å². The van der Waals surface area contributed by atoms with Crippen molar-refractivity contribution in [3.63, 3.8) is 0 Å². The first-order chi connectivity index (χ1) is 23.9. The normalized spacial score (nSPS) is 26.6. The fourth-order valence-electron chi connectivity index (χ4n) is 7.49. The van der Waals surface area contributed by atoms with Crippen molar-refractivity contribution >= 4 is 39.2 Å². The fourth-order valence-corrected chi connectivity index (χ4v) is 8.37. The van der Waals surface area contributed by atoms with Gasteiger partial charge in [0.15, 0.2) is 11.5 Å². The third-order valence-corrected chi connectivity index (χ3v) is 11.2. The van der Waals surface area contributed by atoms with Crippen molar-refractivity contribution < 1.29 is 24.0 Å². The molecule has 1 aromatic heterocycles. The topological polar surface area (TPSA) is 97.8 Å². The van der Waals surface area contributed by atoms with Crippen LogP contribution in [-0.4, -0.2) is 46.2 Å². The van der Waals surface area contributed by atoms with Gasteiger partial charge in [-0.3, -0.25) is 14.4 Å². The van der Waals surface area contributed by atoms with Gasteiger partial charge in [-0.15, -0.1) is 0 Å². The number of hydrogen-bond acceptors (Lipinski definition) is 7. The van der Waals surface area contributed by atoms with Crippen LogP contribution in [0.25, 0.3) is 10.2 Å². The van der Waals surface area contributed by atoms with Crippen LogP contribution in [-0.2, 0) is 20.8 Å². The molecule has 1 saturated heterocycles. The van der Waals surface area contributed by atoms with Crippen LogP contribution in [0.15, 0.2) is 91.0 Å². The van der Waals surface area contributed by atoms with Gasteiger partial charge in [0.1, 0.15) is 6.10 Å². The number of carbonyl (C=O) groups excluding carboxylic acids is 3. The zero-order chi connectivity index (χ0) is 33.8. The molecular formula is C40H43N3O5S. The Morgan fingerprint density at radius 3 is 2.69 bits per heavy atom. The molecule has 5 atom stereocenters. The van der Waals surface area contributed by atoms with Gasteiger partial charge in [0.05, 0.1) is 28.2 Å². The Labute approximate surface area is 291 Å². The average molecular weight is 678 g/mol. The Balaban J connectivity index is 1.16. The maximum atomic E-state index is 14.6. The minimum absolute atomic E-state index is 0.0125. The number of ether oxygens (including phenoxy) is 1. The summed E-state index contributed by atoms with van der Waals surface area (Å²) in [6.45, 7) is 2.37. The van der Waals surface area contributed by atoms with Gasteiger partial charge < -0.3 is 14.5 Å². The number of hydroxylamine groups is 1. The summed E-state index contributed by atoms with van der Waals surface area (Å²) in [6, 6.07) is 24.6. The van der Waals surface area contributed by atoms with Crippen molar-refractivity contribution in [1.82, 2.24) is 15.4 Å². The quantitative estimate of drug-likeness (QED) is 0.162. The third kappa shape index (κ3) is 7.57. The van der Waals surface area contributed by atoms with Crippen molar-refractivity contribution in [2.75, 3.05) is 6.54 Å². The molecular weight excluding hydrogens is 635 g/mol. The second-order valence-corrected chi connectivity index (χ2v) is 14.8. The van der Waals surface area contributed by atoms with Crippen LogP contribution in [0.3, 0.4) is 0 Å². The van der Waals surface area contributed by atoms with Crippen LogP contribution >= 0.6 is 11.3 Å². The van der Waals surface area contributed by atoms with E-state index in [2.05, 4.69) is 47.7 Å². The van der Waals surface area contributed by atoms with Crippen LogP contribution in [0.2, 0.25) is 0 Å². The van der Waals surface area contributed by atoms with Crippen molar-refractivity contribution in [1.29, 1.82) is 0 Å². The van der Waals surface area contributed by atoms with Crippen LogP contribution in [0.5, 0.6) is 10.9 Å². The number of ketones is 1. The number of carbonyl (C=O) groups is 3. The van der Waals surface area contributed by atoms with E-state index in [0.29, 0.717) is 36.8 Å². The number of aryl methyl sites for hydroxylation is 1. The molecule has 0 unspecified atom stereocenters. The maximum Gasteiger partial charge on any atom is 0.274 e. The van der Waals surface area contributed by atoms with Gasteiger partial charge in [-0.2, -0.15) is 5.48 Å². The summed E-state index contributed by atoms with van der Waals surface area (Å²) in [6.07, 6.45) is 10.0. The number of para-hydroxylation sites is 2. The number of nitrogens with zero attached hydrogens (tertiary/aromatic N) is 2. The molecule has 3 heterocycles. The second-order valence-electron chi connectivity index (χ2n) is 13.8. The van der Waals surface area contributed by atoms with Crippen LogP contribution < -0.4 is 15.1 Å². The summed E-state index contributed by atoms with van der Waals surface area (Å²) in [5.41, 5.74) is 4.86. The molecule has 0 radical (unpaired) electrons. The smallest absolute Gasteiger partial charge is 0.274 e. The van der Waals surface area contributed by atoms with Gasteiger partial charge in [-0.05, 0) is 74.8 Å². The summed E-state index contributed by atoms with van der Waals surface area (Å²) in [4.78, 5) is 54.9. The standard InChI is InChI=1S/C40H43N3O5S/c1-27-13-12-14-28(21-27)22-29-15-6-3-2-4-7-16-30-24-40(30,38(46)42-48-31-17-8-5-9-18-31)25-35(44)34-23-32(26-43(34)37(29)45)47-39-41-33-19-10-11-20-36(33)49-39/h5,7-14,16-21,29-30,32,34H,2-4,6,15,22-26H2,1H3,(H,42,46)/b16-7-/t29-,30+,32-,34+,40-/m1/s1. The molecule has 0 spiro atoms. The zero-order valence-electron chi connectivity index (χ0n) is 27.9. The van der Waals surface area contributed by atoms with Crippen LogP contribution in [0, 0.1) is 24.2 Å². The number of aromatic nitrogens is 1. The van der Waals surface area contributed by atoms with Gasteiger partial charge in [0.25, 0.3) is 11.1 Å². The van der Waals surface area contributed by atoms with E-state index in [1.165, 1.54) is 11.3 Å². The molecule has 2 aliphatic heterocycles. The molecule has 0 bridgehead atoms. The van der Waals surface area contributed by atoms with Gasteiger partial charge in [0, 0.05) is 18.8 Å². The number of fused-ring (bicyclic) bond motifs is 3. The van der Waals surface area contributed by atoms with E-state index in [-0.39, 0.29) is 35.9 Å². The molecule has 9 heteroatoms. The molecule has 3 aromatic carbocycles. The second kappa shape index (κ2) is 14.5. The number of thiazole rings is 1. The highest BCUT2D eigenvalue weighted by atomic mass is 32.1. The van der Waals surface area contributed by atoms with Gasteiger partial charge in [-0.1, -0.05) is 96.5 Å². The number of amides is 2. The Morgan fingerprint density at radius 2 is 1.86 bits per heavy atom. The summed E-state index contributed by atoms with van der Waals surface area (Å²) in [5, 5.41) is 0.534. The zero-order valence-corrected chi connectivity index (χ0v) is 28.7. The molecule has 2 amide bonds. The Hall–Kier alpha value is -4.50. The fraction of sp³-hybridized carbons (Fsp3) is 0.400. The first kappa shape index (κ1) is 33.0. The minimum atomic E-state index is -0.926. The summed E-state index contributed by atoms with van der Waals surface area (Å²) < 4.78 is 7.44. The van der Waals surface area contributed by atoms with Crippen molar-refractivity contribution in [2.24, 2.45) is 17.3 Å². The van der Waals surface area contributed by atoms with E-state index >= 15 is 0 Å². The summed E-state index contributed by atoms with van der Waals surface area (Å²) >= 11 is 1.47. The molecule has 8 nitrogen and oxygen atoms in total. The lowest BCUT2D eigenvalue weighted by Crippen LogP contribution is -2.46. The number of rotatable bonds is 7. The largest absolute Gasteiger partial charge is 0.465 e. The van der Waals surface area contributed by atoms with Gasteiger partial charge in [0.2, 0.25) is 5.91 Å². The first-order valence-electron chi connectivity index (χ1n) is 17.5. The lowest BCUT2D eigenvalue weighted by atomic mass is 9.89. The number of benzene rings is 3. The van der Waals surface area contributed by atoms with E-state index in [0.717, 1.165) is 53.4 Å². The molecule has 7 rings (SSSR count). The minimum Gasteiger partial charge on any atom is -0.465 e. The van der Waals surface area contributed by atoms with E-state index in [1.54, 1.807) is 17.0 Å².